The van der Waals surface area contributed by atoms with Gasteiger partial charge in [0.2, 0.25) is 0 Å². The van der Waals surface area contributed by atoms with Crippen molar-refractivity contribution in [2.45, 2.75) is 52.6 Å². The van der Waals surface area contributed by atoms with Gasteiger partial charge in [-0.1, -0.05) is 18.6 Å². The molecule has 2 aromatic carbocycles. The van der Waals surface area contributed by atoms with Gasteiger partial charge in [-0.2, -0.15) is 5.26 Å². The van der Waals surface area contributed by atoms with E-state index in [1.807, 2.05) is 63.2 Å². The van der Waals surface area contributed by atoms with E-state index in [0.29, 0.717) is 23.8 Å². The number of carbonyl (C=O) groups excluding carboxylic acids is 1. The van der Waals surface area contributed by atoms with Crippen LogP contribution in [-0.2, 0) is 6.54 Å². The SMILES string of the molecule is CCOc1ccc2c(C#N)c(-c3ccc(NC(=O)NC(C)C)cc3)n(CC3CCC3)c2c1. The predicted octanol–water partition coefficient (Wildman–Crippen LogP) is 5.91. The minimum absolute atomic E-state index is 0.0660. The van der Waals surface area contributed by atoms with E-state index in [2.05, 4.69) is 21.3 Å². The maximum Gasteiger partial charge on any atom is 0.319 e. The third-order valence-electron chi connectivity index (χ3n) is 5.96. The first-order valence-electron chi connectivity index (χ1n) is 11.4. The molecule has 4 rings (SSSR count). The minimum atomic E-state index is -0.229. The molecule has 1 fully saturated rings. The molecule has 0 unspecified atom stereocenters. The zero-order chi connectivity index (χ0) is 22.7. The fraction of sp³-hybridized carbons (Fsp3) is 0.385. The van der Waals surface area contributed by atoms with Crippen molar-refractivity contribution in [3.05, 3.63) is 48.0 Å². The molecule has 0 spiro atoms. The highest BCUT2D eigenvalue weighted by Crippen LogP contribution is 2.38. The van der Waals surface area contributed by atoms with Crippen molar-refractivity contribution < 1.29 is 9.53 Å². The van der Waals surface area contributed by atoms with Crippen molar-refractivity contribution >= 4 is 22.6 Å². The monoisotopic (exact) mass is 430 g/mol. The number of nitrogens with zero attached hydrogens (tertiary/aromatic N) is 2. The molecule has 32 heavy (non-hydrogen) atoms. The van der Waals surface area contributed by atoms with Crippen LogP contribution in [0.2, 0.25) is 0 Å². The van der Waals surface area contributed by atoms with Crippen LogP contribution in [0.25, 0.3) is 22.2 Å². The molecule has 166 valence electrons. The summed E-state index contributed by atoms with van der Waals surface area (Å²) < 4.78 is 8.03. The molecule has 1 saturated carbocycles. The Morgan fingerprint density at radius 1 is 1.22 bits per heavy atom. The number of amides is 2. The van der Waals surface area contributed by atoms with Gasteiger partial charge < -0.3 is 19.9 Å². The van der Waals surface area contributed by atoms with E-state index in [9.17, 15) is 10.1 Å². The van der Waals surface area contributed by atoms with Crippen LogP contribution < -0.4 is 15.4 Å². The quantitative estimate of drug-likeness (QED) is 0.489. The predicted molar refractivity (Wildman–Crippen MR) is 128 cm³/mol. The highest BCUT2D eigenvalue weighted by molar-refractivity contribution is 5.96. The first-order chi connectivity index (χ1) is 15.5. The summed E-state index contributed by atoms with van der Waals surface area (Å²) in [7, 11) is 0. The number of carbonyl (C=O) groups is 1. The van der Waals surface area contributed by atoms with Crippen LogP contribution in [0.3, 0.4) is 0 Å². The number of hydrogen-bond donors (Lipinski definition) is 2. The van der Waals surface area contributed by atoms with Gasteiger partial charge in [0.25, 0.3) is 0 Å². The normalized spacial score (nSPS) is 13.6. The third kappa shape index (κ3) is 4.43. The molecule has 0 saturated heterocycles. The number of hydrogen-bond acceptors (Lipinski definition) is 3. The number of benzene rings is 2. The van der Waals surface area contributed by atoms with Crippen LogP contribution in [0.15, 0.2) is 42.5 Å². The molecule has 0 bridgehead atoms. The Hall–Kier alpha value is -3.46. The Labute approximate surface area is 189 Å². The Morgan fingerprint density at radius 3 is 2.56 bits per heavy atom. The molecule has 0 radical (unpaired) electrons. The van der Waals surface area contributed by atoms with E-state index < -0.39 is 0 Å². The molecule has 0 aliphatic heterocycles. The van der Waals surface area contributed by atoms with Gasteiger partial charge in [0.05, 0.1) is 23.4 Å². The van der Waals surface area contributed by atoms with E-state index in [1.54, 1.807) is 0 Å². The summed E-state index contributed by atoms with van der Waals surface area (Å²) in [6.07, 6.45) is 3.72. The number of fused-ring (bicyclic) bond motifs is 1. The van der Waals surface area contributed by atoms with E-state index in [0.717, 1.165) is 34.5 Å². The van der Waals surface area contributed by atoms with Gasteiger partial charge in [-0.3, -0.25) is 0 Å². The molecule has 0 atom stereocenters. The zero-order valence-corrected chi connectivity index (χ0v) is 18.9. The van der Waals surface area contributed by atoms with Crippen LogP contribution in [0, 0.1) is 17.2 Å². The first kappa shape index (κ1) is 21.8. The van der Waals surface area contributed by atoms with Crippen LogP contribution in [-0.4, -0.2) is 23.2 Å². The summed E-state index contributed by atoms with van der Waals surface area (Å²) in [5.74, 6) is 1.45. The van der Waals surface area contributed by atoms with Crippen molar-refractivity contribution in [2.75, 3.05) is 11.9 Å². The van der Waals surface area contributed by atoms with Gasteiger partial charge >= 0.3 is 6.03 Å². The molecule has 2 N–H and O–H groups in total. The van der Waals surface area contributed by atoms with Gasteiger partial charge in [0.15, 0.2) is 0 Å². The van der Waals surface area contributed by atoms with Crippen LogP contribution >= 0.6 is 0 Å². The summed E-state index contributed by atoms with van der Waals surface area (Å²) in [5, 5.41) is 16.7. The molecule has 1 aliphatic carbocycles. The fourth-order valence-electron chi connectivity index (χ4n) is 4.26. The lowest BCUT2D eigenvalue weighted by Crippen LogP contribution is -2.34. The summed E-state index contributed by atoms with van der Waals surface area (Å²) in [6.45, 7) is 7.31. The topological polar surface area (TPSA) is 79.1 Å². The van der Waals surface area contributed by atoms with Crippen molar-refractivity contribution in [1.82, 2.24) is 9.88 Å². The Bertz CT molecular complexity index is 1150. The van der Waals surface area contributed by atoms with Crippen LogP contribution in [0.4, 0.5) is 10.5 Å². The minimum Gasteiger partial charge on any atom is -0.494 e. The zero-order valence-electron chi connectivity index (χ0n) is 18.9. The molecule has 1 heterocycles. The summed E-state index contributed by atoms with van der Waals surface area (Å²) >= 11 is 0. The summed E-state index contributed by atoms with van der Waals surface area (Å²) in [5.41, 5.74) is 4.32. The smallest absolute Gasteiger partial charge is 0.319 e. The van der Waals surface area contributed by atoms with Gasteiger partial charge in [-0.15, -0.1) is 0 Å². The number of anilines is 1. The van der Waals surface area contributed by atoms with Crippen molar-refractivity contribution in [3.8, 4) is 23.1 Å². The maximum absolute atomic E-state index is 12.0. The number of nitrogens with one attached hydrogen (secondary N) is 2. The fourth-order valence-corrected chi connectivity index (χ4v) is 4.26. The van der Waals surface area contributed by atoms with Gasteiger partial charge in [-0.05, 0) is 69.4 Å². The highest BCUT2D eigenvalue weighted by Gasteiger charge is 2.24. The Balaban J connectivity index is 1.75. The molecule has 2 amide bonds. The maximum atomic E-state index is 12.0. The summed E-state index contributed by atoms with van der Waals surface area (Å²) in [6, 6.07) is 16.0. The van der Waals surface area contributed by atoms with Gasteiger partial charge in [0, 0.05) is 29.7 Å². The number of aromatic nitrogens is 1. The number of ether oxygens (including phenoxy) is 1. The van der Waals surface area contributed by atoms with Gasteiger partial charge in [0.1, 0.15) is 11.8 Å². The van der Waals surface area contributed by atoms with Crippen molar-refractivity contribution in [1.29, 1.82) is 5.26 Å². The second-order valence-corrected chi connectivity index (χ2v) is 8.69. The molecular formula is C26H30N4O2. The van der Waals surface area contributed by atoms with Crippen LogP contribution in [0.1, 0.15) is 45.6 Å². The van der Waals surface area contributed by atoms with Gasteiger partial charge in [-0.25, -0.2) is 4.79 Å². The lowest BCUT2D eigenvalue weighted by atomic mass is 9.85. The van der Waals surface area contributed by atoms with Crippen molar-refractivity contribution in [3.63, 3.8) is 0 Å². The van der Waals surface area contributed by atoms with E-state index >= 15 is 0 Å². The molecule has 3 aromatic rings. The van der Waals surface area contributed by atoms with E-state index in [-0.39, 0.29) is 12.1 Å². The lowest BCUT2D eigenvalue weighted by Gasteiger charge is -2.27. The average molecular weight is 431 g/mol. The second-order valence-electron chi connectivity index (χ2n) is 8.69. The van der Waals surface area contributed by atoms with E-state index in [1.165, 1.54) is 19.3 Å². The van der Waals surface area contributed by atoms with E-state index in [4.69, 9.17) is 4.74 Å². The number of urea groups is 1. The largest absolute Gasteiger partial charge is 0.494 e. The highest BCUT2D eigenvalue weighted by atomic mass is 16.5. The molecule has 6 heteroatoms. The average Bonchev–Trinajstić information content (AvgIpc) is 3.03. The molecule has 1 aromatic heterocycles. The Morgan fingerprint density at radius 2 is 1.97 bits per heavy atom. The van der Waals surface area contributed by atoms with Crippen LogP contribution in [0.5, 0.6) is 5.75 Å². The van der Waals surface area contributed by atoms with Crippen molar-refractivity contribution in [2.24, 2.45) is 5.92 Å². The number of rotatable bonds is 7. The Kier molecular flexibility index (Phi) is 6.36. The molecule has 6 nitrogen and oxygen atoms in total. The second kappa shape index (κ2) is 9.35. The summed E-state index contributed by atoms with van der Waals surface area (Å²) in [4.78, 5) is 12.0. The molecular weight excluding hydrogens is 400 g/mol. The lowest BCUT2D eigenvalue weighted by molar-refractivity contribution is 0.250. The molecule has 1 aliphatic rings. The third-order valence-corrected chi connectivity index (χ3v) is 5.96. The number of nitriles is 1. The standard InChI is InChI=1S/C26H30N4O2/c1-4-32-21-12-13-22-23(15-27)25(30(24(22)14-21)16-18-6-5-7-18)19-8-10-20(11-9-19)29-26(31)28-17(2)3/h8-14,17-18H,4-7,16H2,1-3H3,(H2,28,29,31). The first-order valence-corrected chi connectivity index (χ1v) is 11.4.